The van der Waals surface area contributed by atoms with Crippen molar-refractivity contribution in [3.05, 3.63) is 16.1 Å². The van der Waals surface area contributed by atoms with E-state index < -0.39 is 18.1 Å². The molecule has 0 saturated carbocycles. The second-order valence-electron chi connectivity index (χ2n) is 7.76. The van der Waals surface area contributed by atoms with Crippen LogP contribution >= 0.6 is 11.3 Å². The zero-order chi connectivity index (χ0) is 22.1. The minimum absolute atomic E-state index is 0.0548. The molecule has 3 N–H and O–H groups in total. The number of esters is 1. The molecule has 0 bridgehead atoms. The minimum Gasteiger partial charge on any atom is -0.464 e. The molecule has 0 aromatic carbocycles. The molecule has 8 heteroatoms. The predicted octanol–water partition coefficient (Wildman–Crippen LogP) is 3.38. The molecule has 0 aliphatic rings. The van der Waals surface area contributed by atoms with Gasteiger partial charge in [0.2, 0.25) is 5.91 Å². The number of carbonyl (C=O) groups excluding carboxylic acids is 2. The fourth-order valence-electron chi connectivity index (χ4n) is 3.60. The summed E-state index contributed by atoms with van der Waals surface area (Å²) >= 11 is 1.22. The van der Waals surface area contributed by atoms with Gasteiger partial charge in [0.25, 0.3) is 0 Å². The van der Waals surface area contributed by atoms with Crippen molar-refractivity contribution in [1.82, 2.24) is 9.88 Å². The van der Waals surface area contributed by atoms with Gasteiger partial charge < -0.3 is 20.5 Å². The van der Waals surface area contributed by atoms with Crippen molar-refractivity contribution < 1.29 is 19.4 Å². The first-order chi connectivity index (χ1) is 13.7. The Kier molecular flexibility index (Phi) is 10.8. The Morgan fingerprint density at radius 1 is 1.28 bits per heavy atom. The maximum Gasteiger partial charge on any atom is 0.357 e. The number of nitrogens with zero attached hydrogens (tertiary/aromatic N) is 2. The van der Waals surface area contributed by atoms with E-state index in [1.54, 1.807) is 5.38 Å². The lowest BCUT2D eigenvalue weighted by Crippen LogP contribution is -2.53. The summed E-state index contributed by atoms with van der Waals surface area (Å²) in [4.78, 5) is 30.9. The number of aliphatic hydroxyl groups is 1. The Morgan fingerprint density at radius 3 is 2.38 bits per heavy atom. The fraction of sp³-hybridized carbons (Fsp3) is 0.762. The topological polar surface area (TPSA) is 106 Å². The first-order valence-electron chi connectivity index (χ1n) is 10.5. The van der Waals surface area contributed by atoms with Crippen molar-refractivity contribution in [2.24, 2.45) is 17.6 Å². The summed E-state index contributed by atoms with van der Waals surface area (Å²) in [7, 11) is 1.30. The van der Waals surface area contributed by atoms with Gasteiger partial charge in [0.15, 0.2) is 5.69 Å². The number of amides is 1. The van der Waals surface area contributed by atoms with Gasteiger partial charge in [-0.2, -0.15) is 0 Å². The van der Waals surface area contributed by atoms with Crippen molar-refractivity contribution in [3.63, 3.8) is 0 Å². The minimum atomic E-state index is -0.873. The van der Waals surface area contributed by atoms with Crippen LogP contribution in [-0.2, 0) is 9.53 Å². The largest absolute Gasteiger partial charge is 0.464 e. The van der Waals surface area contributed by atoms with Crippen molar-refractivity contribution >= 4 is 23.2 Å². The molecule has 0 unspecified atom stereocenters. The summed E-state index contributed by atoms with van der Waals surface area (Å²) in [5.74, 6) is -0.310. The first kappa shape index (κ1) is 25.5. The van der Waals surface area contributed by atoms with Crippen LogP contribution in [0, 0.1) is 11.8 Å². The molecule has 1 rings (SSSR count). The second-order valence-corrected chi connectivity index (χ2v) is 8.65. The Morgan fingerprint density at radius 2 is 1.90 bits per heavy atom. The van der Waals surface area contributed by atoms with E-state index in [1.165, 1.54) is 18.4 Å². The number of methoxy groups -OCH3 is 1. The lowest BCUT2D eigenvalue weighted by Gasteiger charge is -2.38. The highest BCUT2D eigenvalue weighted by Gasteiger charge is 2.34. The van der Waals surface area contributed by atoms with E-state index in [2.05, 4.69) is 23.6 Å². The Hall–Kier alpha value is -1.51. The zero-order valence-electron chi connectivity index (χ0n) is 18.6. The highest BCUT2D eigenvalue weighted by atomic mass is 32.1. The van der Waals surface area contributed by atoms with Crippen LogP contribution in [0.15, 0.2) is 5.38 Å². The summed E-state index contributed by atoms with van der Waals surface area (Å²) in [6.45, 7) is 10.8. The molecule has 0 radical (unpaired) electrons. The van der Waals surface area contributed by atoms with Crippen molar-refractivity contribution in [2.75, 3.05) is 13.7 Å². The van der Waals surface area contributed by atoms with Gasteiger partial charge in [-0.1, -0.05) is 47.5 Å². The molecule has 1 aromatic heterocycles. The normalized spacial score (nSPS) is 14.7. The van der Waals surface area contributed by atoms with E-state index in [9.17, 15) is 14.7 Å². The van der Waals surface area contributed by atoms with Crippen LogP contribution in [0.4, 0.5) is 0 Å². The van der Waals surface area contributed by atoms with Crippen LogP contribution in [0.3, 0.4) is 0 Å². The Balaban J connectivity index is 3.05. The first-order valence-corrected chi connectivity index (χ1v) is 11.4. The average molecular weight is 428 g/mol. The molecule has 1 aromatic rings. The van der Waals surface area contributed by atoms with Gasteiger partial charge in [0.1, 0.15) is 11.1 Å². The third-order valence-electron chi connectivity index (χ3n) is 5.43. The van der Waals surface area contributed by atoms with Gasteiger partial charge in [0, 0.05) is 24.4 Å². The van der Waals surface area contributed by atoms with Gasteiger partial charge in [-0.3, -0.25) is 4.79 Å². The smallest absolute Gasteiger partial charge is 0.357 e. The van der Waals surface area contributed by atoms with Crippen LogP contribution in [0.25, 0.3) is 0 Å². The van der Waals surface area contributed by atoms with Crippen molar-refractivity contribution in [2.45, 2.75) is 78.5 Å². The quantitative estimate of drug-likeness (QED) is 0.495. The fourth-order valence-corrected chi connectivity index (χ4v) is 4.38. The molecular formula is C21H37N3O4S. The number of thiazole rings is 1. The van der Waals surface area contributed by atoms with E-state index in [-0.39, 0.29) is 29.5 Å². The number of aliphatic hydroxyl groups excluding tert-OH is 1. The van der Waals surface area contributed by atoms with Crippen LogP contribution in [0.2, 0.25) is 0 Å². The van der Waals surface area contributed by atoms with Gasteiger partial charge in [-0.05, 0) is 18.3 Å². The summed E-state index contributed by atoms with van der Waals surface area (Å²) in [5.41, 5.74) is 6.52. The van der Waals surface area contributed by atoms with Crippen molar-refractivity contribution in [1.29, 1.82) is 0 Å². The predicted molar refractivity (Wildman–Crippen MR) is 116 cm³/mol. The summed E-state index contributed by atoms with van der Waals surface area (Å²) < 4.78 is 4.68. The van der Waals surface area contributed by atoms with E-state index >= 15 is 0 Å². The maximum absolute atomic E-state index is 13.2. The number of ether oxygens (including phenoxy) is 1. The molecule has 1 amide bonds. The lowest BCUT2D eigenvalue weighted by atomic mass is 9.91. The Labute approximate surface area is 178 Å². The van der Waals surface area contributed by atoms with Gasteiger partial charge >= 0.3 is 5.97 Å². The van der Waals surface area contributed by atoms with E-state index in [0.29, 0.717) is 18.0 Å². The molecule has 29 heavy (non-hydrogen) atoms. The third kappa shape index (κ3) is 6.76. The molecule has 0 aliphatic carbocycles. The molecule has 166 valence electrons. The molecule has 0 aliphatic heterocycles. The number of hydrogen-bond donors (Lipinski definition) is 2. The standard InChI is InChI=1S/C21H37N3O4S/c1-7-10-24(20(26)18(22)14(8-2)9-3)16(13(4)5)11-17(25)19-23-15(12-29-19)21(27)28-6/h12-14,16-18,25H,7-11,22H2,1-6H3/t16-,17-,18+/m1/s1. The summed E-state index contributed by atoms with van der Waals surface area (Å²) in [6.07, 6.45) is 1.99. The summed E-state index contributed by atoms with van der Waals surface area (Å²) in [5, 5.41) is 12.8. The van der Waals surface area contributed by atoms with Gasteiger partial charge in [-0.25, -0.2) is 9.78 Å². The molecular weight excluding hydrogens is 390 g/mol. The molecule has 0 spiro atoms. The second kappa shape index (κ2) is 12.2. The molecule has 3 atom stereocenters. The molecule has 1 heterocycles. The average Bonchev–Trinajstić information content (AvgIpc) is 3.20. The number of aromatic nitrogens is 1. The van der Waals surface area contributed by atoms with Crippen LogP contribution in [0.1, 0.15) is 81.9 Å². The number of carbonyl (C=O) groups is 2. The molecule has 0 saturated heterocycles. The maximum atomic E-state index is 13.2. The monoisotopic (exact) mass is 427 g/mol. The van der Waals surface area contributed by atoms with Crippen LogP contribution in [-0.4, -0.2) is 52.6 Å². The van der Waals surface area contributed by atoms with Crippen molar-refractivity contribution in [3.8, 4) is 0 Å². The van der Waals surface area contributed by atoms with Gasteiger partial charge in [0.05, 0.1) is 13.2 Å². The van der Waals surface area contributed by atoms with E-state index in [4.69, 9.17) is 5.73 Å². The van der Waals surface area contributed by atoms with Crippen LogP contribution in [0.5, 0.6) is 0 Å². The SMILES string of the molecule is CCCN(C(=O)[C@@H](N)C(CC)CC)[C@H](C[C@@H](O)c1nc(C(=O)OC)cs1)C(C)C. The van der Waals surface area contributed by atoms with E-state index in [1.807, 2.05) is 25.7 Å². The number of rotatable bonds is 12. The third-order valence-corrected chi connectivity index (χ3v) is 6.37. The number of nitrogens with two attached hydrogens (primary N) is 1. The summed E-state index contributed by atoms with van der Waals surface area (Å²) in [6, 6.07) is -0.718. The van der Waals surface area contributed by atoms with Crippen LogP contribution < -0.4 is 5.73 Å². The number of hydrogen-bond acceptors (Lipinski definition) is 7. The molecule has 7 nitrogen and oxygen atoms in total. The van der Waals surface area contributed by atoms with Gasteiger partial charge in [-0.15, -0.1) is 11.3 Å². The highest BCUT2D eigenvalue weighted by molar-refractivity contribution is 7.09. The zero-order valence-corrected chi connectivity index (χ0v) is 19.4. The van der Waals surface area contributed by atoms with E-state index in [0.717, 1.165) is 19.3 Å². The Bertz CT molecular complexity index is 646. The molecule has 0 fully saturated rings. The highest BCUT2D eigenvalue weighted by Crippen LogP contribution is 2.28. The lowest BCUT2D eigenvalue weighted by molar-refractivity contribution is -0.138.